The minimum atomic E-state index is -0.491. The van der Waals surface area contributed by atoms with E-state index in [0.29, 0.717) is 19.5 Å². The fraction of sp³-hybridized carbons (Fsp3) is 0.440. The second-order valence-corrected chi connectivity index (χ2v) is 7.74. The molecule has 0 aliphatic heterocycles. The summed E-state index contributed by atoms with van der Waals surface area (Å²) in [4.78, 5) is 27.5. The number of rotatable bonds is 10. The van der Waals surface area contributed by atoms with Crippen molar-refractivity contribution in [3.8, 4) is 0 Å². The van der Waals surface area contributed by atoms with E-state index < -0.39 is 6.04 Å². The fourth-order valence-corrected chi connectivity index (χ4v) is 3.30. The largest absolute Gasteiger partial charge is 0.354 e. The normalized spacial score (nSPS) is 11.7. The van der Waals surface area contributed by atoms with Gasteiger partial charge >= 0.3 is 0 Å². The lowest BCUT2D eigenvalue weighted by atomic mass is 10.0. The molecule has 0 heterocycles. The summed E-state index contributed by atoms with van der Waals surface area (Å²) in [6.07, 6.45) is 3.01. The number of carbonyl (C=O) groups is 2. The minimum Gasteiger partial charge on any atom is -0.354 e. The lowest BCUT2D eigenvalue weighted by Gasteiger charge is -2.29. The molecular weight excluding hydrogens is 360 g/mol. The number of amides is 2. The lowest BCUT2D eigenvalue weighted by Crippen LogP contribution is -2.49. The summed E-state index contributed by atoms with van der Waals surface area (Å²) in [6, 6.07) is 15.7. The number of hydrogen-bond acceptors (Lipinski definition) is 2. The molecule has 4 heteroatoms. The van der Waals surface area contributed by atoms with Gasteiger partial charge in [-0.15, -0.1) is 0 Å². The van der Waals surface area contributed by atoms with Gasteiger partial charge in [-0.2, -0.15) is 0 Å². The molecule has 1 N–H and O–H groups in total. The monoisotopic (exact) mass is 394 g/mol. The van der Waals surface area contributed by atoms with Crippen LogP contribution < -0.4 is 5.32 Å². The fourth-order valence-electron chi connectivity index (χ4n) is 3.30. The van der Waals surface area contributed by atoms with Crippen LogP contribution in [0.1, 0.15) is 48.9 Å². The van der Waals surface area contributed by atoms with E-state index in [1.165, 1.54) is 11.1 Å². The van der Waals surface area contributed by atoms with Crippen LogP contribution in [-0.2, 0) is 22.4 Å². The highest BCUT2D eigenvalue weighted by Crippen LogP contribution is 2.13. The number of unbranched alkanes of at least 4 members (excludes halogenated alkanes) is 1. The molecule has 0 saturated heterocycles. The third-order valence-corrected chi connectivity index (χ3v) is 5.41. The average Bonchev–Trinajstić information content (AvgIpc) is 2.71. The molecule has 1 atom stereocenters. The van der Waals surface area contributed by atoms with E-state index in [9.17, 15) is 9.59 Å². The third-order valence-electron chi connectivity index (χ3n) is 5.41. The molecule has 29 heavy (non-hydrogen) atoms. The van der Waals surface area contributed by atoms with Gasteiger partial charge in [-0.1, -0.05) is 61.9 Å². The van der Waals surface area contributed by atoms with Crippen LogP contribution in [0.25, 0.3) is 0 Å². The van der Waals surface area contributed by atoms with Gasteiger partial charge < -0.3 is 10.2 Å². The minimum absolute atomic E-state index is 0.0117. The first-order valence-electron chi connectivity index (χ1n) is 10.6. The van der Waals surface area contributed by atoms with Crippen LogP contribution in [0.3, 0.4) is 0 Å². The maximum Gasteiger partial charge on any atom is 0.242 e. The van der Waals surface area contributed by atoms with Gasteiger partial charge in [0, 0.05) is 13.1 Å². The maximum atomic E-state index is 13.2. The van der Waals surface area contributed by atoms with Gasteiger partial charge in [-0.25, -0.2) is 0 Å². The second kappa shape index (κ2) is 11.4. The topological polar surface area (TPSA) is 49.4 Å². The predicted octanol–water partition coefficient (Wildman–Crippen LogP) is 4.22. The smallest absolute Gasteiger partial charge is 0.242 e. The number of nitrogens with one attached hydrogen (secondary N) is 1. The molecule has 0 radical (unpaired) electrons. The lowest BCUT2D eigenvalue weighted by molar-refractivity contribution is -0.139. The first kappa shape index (κ1) is 22.7. The molecule has 2 amide bonds. The number of benzene rings is 2. The molecule has 0 spiro atoms. The molecule has 0 fully saturated rings. The quantitative estimate of drug-likeness (QED) is 0.613. The second-order valence-electron chi connectivity index (χ2n) is 7.74. The number of hydrogen-bond donors (Lipinski definition) is 1. The van der Waals surface area contributed by atoms with Gasteiger partial charge in [-0.3, -0.25) is 9.59 Å². The zero-order chi connectivity index (χ0) is 21.2. The molecular formula is C25H34N2O2. The van der Waals surface area contributed by atoms with Crippen LogP contribution in [0.4, 0.5) is 0 Å². The van der Waals surface area contributed by atoms with Gasteiger partial charge in [0.1, 0.15) is 6.04 Å². The first-order valence-corrected chi connectivity index (χ1v) is 10.6. The Morgan fingerprint density at radius 3 is 2.38 bits per heavy atom. The highest BCUT2D eigenvalue weighted by molar-refractivity contribution is 5.88. The van der Waals surface area contributed by atoms with Gasteiger partial charge in [0.15, 0.2) is 0 Å². The Morgan fingerprint density at radius 2 is 1.72 bits per heavy atom. The average molecular weight is 395 g/mol. The Balaban J connectivity index is 2.11. The van der Waals surface area contributed by atoms with Crippen LogP contribution in [0, 0.1) is 13.8 Å². The summed E-state index contributed by atoms with van der Waals surface area (Å²) in [5.74, 6) is -0.0951. The summed E-state index contributed by atoms with van der Waals surface area (Å²) in [5, 5.41) is 2.96. The molecule has 2 rings (SSSR count). The third kappa shape index (κ3) is 7.04. The Bertz CT molecular complexity index is 802. The van der Waals surface area contributed by atoms with Crippen LogP contribution in [-0.4, -0.2) is 35.8 Å². The van der Waals surface area contributed by atoms with Crippen molar-refractivity contribution in [2.24, 2.45) is 0 Å². The molecule has 4 nitrogen and oxygen atoms in total. The number of nitrogens with zero attached hydrogens (tertiary/aromatic N) is 1. The van der Waals surface area contributed by atoms with Gasteiger partial charge in [0.05, 0.1) is 6.42 Å². The van der Waals surface area contributed by atoms with Crippen molar-refractivity contribution in [2.45, 2.75) is 59.4 Å². The van der Waals surface area contributed by atoms with E-state index in [0.717, 1.165) is 30.4 Å². The van der Waals surface area contributed by atoms with Crippen molar-refractivity contribution < 1.29 is 9.59 Å². The van der Waals surface area contributed by atoms with Crippen LogP contribution in [0.2, 0.25) is 0 Å². The van der Waals surface area contributed by atoms with Crippen LogP contribution in [0.5, 0.6) is 0 Å². The predicted molar refractivity (Wildman–Crippen MR) is 119 cm³/mol. The zero-order valence-electron chi connectivity index (χ0n) is 18.2. The van der Waals surface area contributed by atoms with Gasteiger partial charge in [0.25, 0.3) is 0 Å². The summed E-state index contributed by atoms with van der Waals surface area (Å²) < 4.78 is 0. The first-order chi connectivity index (χ1) is 13.9. The summed E-state index contributed by atoms with van der Waals surface area (Å²) in [5.41, 5.74) is 4.54. The zero-order valence-corrected chi connectivity index (χ0v) is 18.2. The molecule has 0 aliphatic carbocycles. The molecule has 2 aromatic rings. The van der Waals surface area contributed by atoms with Gasteiger partial charge in [0.2, 0.25) is 11.8 Å². The van der Waals surface area contributed by atoms with Crippen LogP contribution >= 0.6 is 0 Å². The van der Waals surface area contributed by atoms with E-state index >= 15 is 0 Å². The summed E-state index contributed by atoms with van der Waals surface area (Å²) in [7, 11) is 0. The van der Waals surface area contributed by atoms with Crippen LogP contribution in [0.15, 0.2) is 48.5 Å². The molecule has 0 saturated carbocycles. The molecule has 0 aromatic heterocycles. The van der Waals surface area contributed by atoms with Crippen molar-refractivity contribution in [2.75, 3.05) is 13.1 Å². The van der Waals surface area contributed by atoms with E-state index in [4.69, 9.17) is 0 Å². The molecule has 0 bridgehead atoms. The van der Waals surface area contributed by atoms with Crippen molar-refractivity contribution >= 4 is 11.8 Å². The molecule has 0 aliphatic rings. The number of carbonyl (C=O) groups excluding carboxylic acids is 2. The van der Waals surface area contributed by atoms with E-state index in [-0.39, 0.29) is 11.8 Å². The summed E-state index contributed by atoms with van der Waals surface area (Å²) >= 11 is 0. The van der Waals surface area contributed by atoms with E-state index in [2.05, 4.69) is 44.3 Å². The molecule has 0 unspecified atom stereocenters. The SMILES string of the molecule is CCCCNC(=O)[C@@H](C)N(CCc1ccccc1)C(=O)Cc1ccc(C)c(C)c1. The van der Waals surface area contributed by atoms with Gasteiger partial charge in [-0.05, 0) is 55.9 Å². The molecule has 156 valence electrons. The maximum absolute atomic E-state index is 13.2. The Labute approximate surface area is 175 Å². The molecule has 2 aromatic carbocycles. The van der Waals surface area contributed by atoms with Crippen molar-refractivity contribution in [3.05, 3.63) is 70.8 Å². The van der Waals surface area contributed by atoms with E-state index in [1.807, 2.05) is 37.3 Å². The standard InChI is InChI=1S/C25H34N2O2/c1-5-6-15-26-25(29)21(4)27(16-14-22-10-8-7-9-11-22)24(28)18-23-13-12-19(2)20(3)17-23/h7-13,17,21H,5-6,14-16,18H2,1-4H3,(H,26,29)/t21-/m1/s1. The van der Waals surface area contributed by atoms with Crippen molar-refractivity contribution in [1.29, 1.82) is 0 Å². The Morgan fingerprint density at radius 1 is 1.00 bits per heavy atom. The summed E-state index contributed by atoms with van der Waals surface area (Å²) in [6.45, 7) is 9.21. The highest BCUT2D eigenvalue weighted by Gasteiger charge is 2.25. The van der Waals surface area contributed by atoms with Crippen molar-refractivity contribution in [1.82, 2.24) is 10.2 Å². The van der Waals surface area contributed by atoms with E-state index in [1.54, 1.807) is 4.90 Å². The Kier molecular flexibility index (Phi) is 8.91. The Hall–Kier alpha value is -2.62. The van der Waals surface area contributed by atoms with Crippen molar-refractivity contribution in [3.63, 3.8) is 0 Å². The highest BCUT2D eigenvalue weighted by atomic mass is 16.2. The number of aryl methyl sites for hydroxylation is 2.